The van der Waals surface area contributed by atoms with E-state index in [0.717, 1.165) is 22.8 Å². The number of thioether (sulfide) groups is 1. The molecule has 0 saturated heterocycles. The summed E-state index contributed by atoms with van der Waals surface area (Å²) in [5, 5.41) is 0. The predicted octanol–water partition coefficient (Wildman–Crippen LogP) is 3.89. The van der Waals surface area contributed by atoms with Crippen LogP contribution in [-0.4, -0.2) is 19.5 Å². The Hall–Kier alpha value is -1.65. The molecule has 0 amide bonds. The van der Waals surface area contributed by atoms with Gasteiger partial charge in [-0.25, -0.2) is 0 Å². The van der Waals surface area contributed by atoms with Crippen molar-refractivity contribution in [1.29, 1.82) is 0 Å². The second-order valence-corrected chi connectivity index (χ2v) is 5.87. The van der Waals surface area contributed by atoms with Crippen molar-refractivity contribution in [2.75, 3.05) is 19.5 Å². The molecule has 21 heavy (non-hydrogen) atoms. The van der Waals surface area contributed by atoms with E-state index < -0.39 is 0 Å². The molecule has 1 atom stereocenters. The van der Waals surface area contributed by atoms with Crippen LogP contribution in [0.3, 0.4) is 0 Å². The maximum absolute atomic E-state index is 5.98. The standard InChI is InChI=1S/C17H21NO2S/c1-13(18)16-9-8-14(19-2)12-17(16)20-10-11-21-15-6-4-3-5-7-15/h3-9,12-13H,10-11,18H2,1-2H3. The third-order valence-corrected chi connectivity index (χ3v) is 4.04. The molecule has 1 unspecified atom stereocenters. The minimum absolute atomic E-state index is 0.0623. The summed E-state index contributed by atoms with van der Waals surface area (Å²) >= 11 is 1.78. The fourth-order valence-corrected chi connectivity index (χ4v) is 2.72. The largest absolute Gasteiger partial charge is 0.497 e. The van der Waals surface area contributed by atoms with Gasteiger partial charge in [0.2, 0.25) is 0 Å². The lowest BCUT2D eigenvalue weighted by Gasteiger charge is -2.15. The predicted molar refractivity (Wildman–Crippen MR) is 88.3 cm³/mol. The van der Waals surface area contributed by atoms with Gasteiger partial charge in [0, 0.05) is 28.3 Å². The van der Waals surface area contributed by atoms with Gasteiger partial charge >= 0.3 is 0 Å². The molecule has 4 heteroatoms. The molecule has 2 aromatic rings. The van der Waals surface area contributed by atoms with Crippen LogP contribution in [0.1, 0.15) is 18.5 Å². The van der Waals surface area contributed by atoms with Gasteiger partial charge in [0.1, 0.15) is 11.5 Å². The monoisotopic (exact) mass is 303 g/mol. The third-order valence-electron chi connectivity index (χ3n) is 3.06. The van der Waals surface area contributed by atoms with Crippen molar-refractivity contribution in [3.05, 3.63) is 54.1 Å². The lowest BCUT2D eigenvalue weighted by Crippen LogP contribution is -2.09. The van der Waals surface area contributed by atoms with Crippen molar-refractivity contribution in [2.24, 2.45) is 5.73 Å². The van der Waals surface area contributed by atoms with Gasteiger partial charge in [-0.2, -0.15) is 0 Å². The number of methoxy groups -OCH3 is 1. The van der Waals surface area contributed by atoms with E-state index in [4.69, 9.17) is 15.2 Å². The molecule has 3 nitrogen and oxygen atoms in total. The fraction of sp³-hybridized carbons (Fsp3) is 0.294. The minimum atomic E-state index is -0.0623. The van der Waals surface area contributed by atoms with Crippen molar-refractivity contribution in [3.8, 4) is 11.5 Å². The summed E-state index contributed by atoms with van der Waals surface area (Å²) in [6.45, 7) is 2.58. The minimum Gasteiger partial charge on any atom is -0.497 e. The second kappa shape index (κ2) is 7.96. The average Bonchev–Trinajstić information content (AvgIpc) is 2.52. The van der Waals surface area contributed by atoms with Crippen LogP contribution in [0, 0.1) is 0 Å². The van der Waals surface area contributed by atoms with Gasteiger partial charge in [0.05, 0.1) is 13.7 Å². The summed E-state index contributed by atoms with van der Waals surface area (Å²) in [5.74, 6) is 2.47. The number of rotatable bonds is 7. The lowest BCUT2D eigenvalue weighted by molar-refractivity contribution is 0.334. The van der Waals surface area contributed by atoms with Gasteiger partial charge in [-0.3, -0.25) is 0 Å². The van der Waals surface area contributed by atoms with Crippen LogP contribution in [0.25, 0.3) is 0 Å². The van der Waals surface area contributed by atoms with E-state index in [0.29, 0.717) is 6.61 Å². The molecule has 2 rings (SSSR count). The first-order valence-electron chi connectivity index (χ1n) is 6.95. The summed E-state index contributed by atoms with van der Waals surface area (Å²) in [7, 11) is 1.65. The van der Waals surface area contributed by atoms with Crippen molar-refractivity contribution >= 4 is 11.8 Å². The van der Waals surface area contributed by atoms with E-state index in [1.54, 1.807) is 18.9 Å². The van der Waals surface area contributed by atoms with Crippen molar-refractivity contribution < 1.29 is 9.47 Å². The molecule has 0 aromatic heterocycles. The Morgan fingerprint density at radius 1 is 1.14 bits per heavy atom. The van der Waals surface area contributed by atoms with Gasteiger partial charge in [-0.1, -0.05) is 24.3 Å². The summed E-state index contributed by atoms with van der Waals surface area (Å²) in [5.41, 5.74) is 6.98. The van der Waals surface area contributed by atoms with Gasteiger partial charge in [-0.15, -0.1) is 11.8 Å². The highest BCUT2D eigenvalue weighted by atomic mass is 32.2. The number of hydrogen-bond donors (Lipinski definition) is 1. The highest BCUT2D eigenvalue weighted by Crippen LogP contribution is 2.29. The molecule has 0 heterocycles. The number of nitrogens with two attached hydrogens (primary N) is 1. The summed E-state index contributed by atoms with van der Waals surface area (Å²) in [6, 6.07) is 16.0. The van der Waals surface area contributed by atoms with Crippen LogP contribution in [0.2, 0.25) is 0 Å². The van der Waals surface area contributed by atoms with E-state index in [1.165, 1.54) is 4.90 Å². The Balaban J connectivity index is 1.92. The Bertz CT molecular complexity index is 558. The first-order chi connectivity index (χ1) is 10.2. The van der Waals surface area contributed by atoms with E-state index >= 15 is 0 Å². The average molecular weight is 303 g/mol. The van der Waals surface area contributed by atoms with Crippen molar-refractivity contribution in [1.82, 2.24) is 0 Å². The molecule has 0 spiro atoms. The van der Waals surface area contributed by atoms with Crippen LogP contribution < -0.4 is 15.2 Å². The molecule has 2 aromatic carbocycles. The Morgan fingerprint density at radius 3 is 2.57 bits per heavy atom. The molecule has 112 valence electrons. The molecule has 0 bridgehead atoms. The van der Waals surface area contributed by atoms with E-state index in [1.807, 2.05) is 43.3 Å². The zero-order valence-corrected chi connectivity index (χ0v) is 13.2. The molecular formula is C17H21NO2S. The molecule has 0 aliphatic carbocycles. The first kappa shape index (κ1) is 15.7. The Labute approximate surface area is 130 Å². The zero-order valence-electron chi connectivity index (χ0n) is 12.4. The maximum Gasteiger partial charge on any atom is 0.127 e. The van der Waals surface area contributed by atoms with Crippen LogP contribution in [0.15, 0.2) is 53.4 Å². The van der Waals surface area contributed by atoms with E-state index in [9.17, 15) is 0 Å². The van der Waals surface area contributed by atoms with Crippen LogP contribution in [0.5, 0.6) is 11.5 Å². The smallest absolute Gasteiger partial charge is 0.127 e. The van der Waals surface area contributed by atoms with Crippen LogP contribution in [-0.2, 0) is 0 Å². The molecule has 0 saturated carbocycles. The van der Waals surface area contributed by atoms with Gasteiger partial charge in [-0.05, 0) is 25.1 Å². The molecule has 0 aliphatic heterocycles. The summed E-state index contributed by atoms with van der Waals surface area (Å²) in [4.78, 5) is 1.25. The highest BCUT2D eigenvalue weighted by Gasteiger charge is 2.09. The summed E-state index contributed by atoms with van der Waals surface area (Å²) < 4.78 is 11.1. The van der Waals surface area contributed by atoms with Gasteiger partial charge in [0.25, 0.3) is 0 Å². The van der Waals surface area contributed by atoms with Crippen LogP contribution in [0.4, 0.5) is 0 Å². The molecular weight excluding hydrogens is 282 g/mol. The molecule has 0 radical (unpaired) electrons. The number of benzene rings is 2. The number of ether oxygens (including phenoxy) is 2. The number of hydrogen-bond acceptors (Lipinski definition) is 4. The van der Waals surface area contributed by atoms with E-state index in [-0.39, 0.29) is 6.04 Å². The lowest BCUT2D eigenvalue weighted by atomic mass is 10.1. The molecule has 0 fully saturated rings. The Morgan fingerprint density at radius 2 is 1.90 bits per heavy atom. The zero-order chi connectivity index (χ0) is 15.1. The van der Waals surface area contributed by atoms with Gasteiger partial charge in [0.15, 0.2) is 0 Å². The topological polar surface area (TPSA) is 44.5 Å². The van der Waals surface area contributed by atoms with E-state index in [2.05, 4.69) is 12.1 Å². The van der Waals surface area contributed by atoms with Gasteiger partial charge < -0.3 is 15.2 Å². The van der Waals surface area contributed by atoms with Crippen LogP contribution >= 0.6 is 11.8 Å². The maximum atomic E-state index is 5.98. The highest BCUT2D eigenvalue weighted by molar-refractivity contribution is 7.99. The third kappa shape index (κ3) is 4.69. The normalized spacial score (nSPS) is 12.0. The SMILES string of the molecule is COc1ccc(C(C)N)c(OCCSc2ccccc2)c1. The molecule has 2 N–H and O–H groups in total. The molecule has 0 aliphatic rings. The quantitative estimate of drug-likeness (QED) is 0.622. The van der Waals surface area contributed by atoms with Crippen molar-refractivity contribution in [2.45, 2.75) is 17.9 Å². The fourth-order valence-electron chi connectivity index (χ4n) is 1.97. The Kier molecular flexibility index (Phi) is 5.96. The first-order valence-corrected chi connectivity index (χ1v) is 7.93. The van der Waals surface area contributed by atoms with Crippen molar-refractivity contribution in [3.63, 3.8) is 0 Å². The summed E-state index contributed by atoms with van der Waals surface area (Å²) in [6.07, 6.45) is 0. The second-order valence-electron chi connectivity index (χ2n) is 4.70.